The molecule has 0 aliphatic heterocycles. The number of hydrogen-bond donors (Lipinski definition) is 4. The zero-order valence-corrected chi connectivity index (χ0v) is 11.5. The summed E-state index contributed by atoms with van der Waals surface area (Å²) < 4.78 is 0. The van der Waals surface area contributed by atoms with Crippen LogP contribution in [-0.2, 0) is 0 Å². The average molecular weight is 267 g/mol. The van der Waals surface area contributed by atoms with Crippen LogP contribution >= 0.6 is 0 Å². The first-order chi connectivity index (χ1) is 8.76. The lowest BCUT2D eigenvalue weighted by atomic mass is 10.1. The number of nitrogens with zero attached hydrogens (tertiary/aromatic N) is 1. The Balaban J connectivity index is 2.98. The van der Waals surface area contributed by atoms with E-state index >= 15 is 0 Å². The van der Waals surface area contributed by atoms with E-state index in [2.05, 4.69) is 5.32 Å². The van der Waals surface area contributed by atoms with Crippen LogP contribution in [0.3, 0.4) is 0 Å². The minimum Gasteiger partial charge on any atom is -0.399 e. The number of hydrogen-bond acceptors (Lipinski definition) is 5. The first-order valence-corrected chi connectivity index (χ1v) is 5.95. The van der Waals surface area contributed by atoms with Crippen molar-refractivity contribution >= 4 is 17.3 Å². The standard InChI is InChI=1S/C13H21N3O3/c1-13(19,8-17)7-15-11-6-9(14)4-5-10(11)12(18)16(2)3/h4-6,15,17,19H,7-8,14H2,1-3H3. The Hall–Kier alpha value is -1.79. The lowest BCUT2D eigenvalue weighted by Gasteiger charge is -2.23. The first-order valence-electron chi connectivity index (χ1n) is 5.95. The predicted octanol–water partition coefficient (Wildman–Crippen LogP) is 0.126. The highest BCUT2D eigenvalue weighted by Gasteiger charge is 2.20. The van der Waals surface area contributed by atoms with Crippen molar-refractivity contribution in [3.63, 3.8) is 0 Å². The Bertz CT molecular complexity index is 458. The molecule has 0 saturated heterocycles. The molecule has 1 amide bonds. The number of nitrogens with two attached hydrogens (primary N) is 1. The number of amides is 1. The van der Waals surface area contributed by atoms with E-state index in [0.717, 1.165) is 0 Å². The quantitative estimate of drug-likeness (QED) is 0.568. The summed E-state index contributed by atoms with van der Waals surface area (Å²) in [6.45, 7) is 1.24. The van der Waals surface area contributed by atoms with Crippen molar-refractivity contribution in [2.45, 2.75) is 12.5 Å². The molecule has 1 aromatic rings. The topological polar surface area (TPSA) is 98.8 Å². The Morgan fingerprint density at radius 3 is 2.63 bits per heavy atom. The van der Waals surface area contributed by atoms with Crippen LogP contribution < -0.4 is 11.1 Å². The Labute approximate surface area is 112 Å². The minimum atomic E-state index is -1.26. The van der Waals surface area contributed by atoms with Crippen molar-refractivity contribution in [1.82, 2.24) is 4.90 Å². The summed E-state index contributed by atoms with van der Waals surface area (Å²) in [6, 6.07) is 4.91. The molecule has 0 aromatic heterocycles. The second-order valence-electron chi connectivity index (χ2n) is 5.01. The highest BCUT2D eigenvalue weighted by Crippen LogP contribution is 2.21. The molecule has 0 fully saturated rings. The van der Waals surface area contributed by atoms with E-state index < -0.39 is 5.60 Å². The number of nitrogens with one attached hydrogen (secondary N) is 1. The van der Waals surface area contributed by atoms with Crippen molar-refractivity contribution in [2.24, 2.45) is 0 Å². The van der Waals surface area contributed by atoms with E-state index in [1.807, 2.05) is 0 Å². The number of nitrogen functional groups attached to an aromatic ring is 1. The number of aliphatic hydroxyl groups is 2. The molecule has 1 rings (SSSR count). The van der Waals surface area contributed by atoms with Gasteiger partial charge in [0.2, 0.25) is 0 Å². The van der Waals surface area contributed by atoms with E-state index in [1.54, 1.807) is 32.3 Å². The molecule has 1 unspecified atom stereocenters. The maximum absolute atomic E-state index is 12.0. The van der Waals surface area contributed by atoms with Crippen LogP contribution in [0.4, 0.5) is 11.4 Å². The maximum Gasteiger partial charge on any atom is 0.255 e. The van der Waals surface area contributed by atoms with E-state index in [-0.39, 0.29) is 19.1 Å². The summed E-state index contributed by atoms with van der Waals surface area (Å²) in [5.41, 5.74) is 5.95. The molecule has 0 radical (unpaired) electrons. The summed E-state index contributed by atoms with van der Waals surface area (Å²) in [4.78, 5) is 13.5. The molecule has 19 heavy (non-hydrogen) atoms. The Morgan fingerprint density at radius 2 is 2.11 bits per heavy atom. The van der Waals surface area contributed by atoms with Gasteiger partial charge < -0.3 is 26.2 Å². The fourth-order valence-electron chi connectivity index (χ4n) is 1.48. The summed E-state index contributed by atoms with van der Waals surface area (Å²) in [5, 5.41) is 21.7. The first kappa shape index (κ1) is 15.3. The van der Waals surface area contributed by atoms with E-state index in [1.165, 1.54) is 11.8 Å². The molecule has 0 bridgehead atoms. The summed E-state index contributed by atoms with van der Waals surface area (Å²) in [6.07, 6.45) is 0. The molecule has 0 heterocycles. The third-order valence-corrected chi connectivity index (χ3v) is 2.68. The molecular formula is C13H21N3O3. The van der Waals surface area contributed by atoms with Crippen LogP contribution in [0.5, 0.6) is 0 Å². The third kappa shape index (κ3) is 4.11. The van der Waals surface area contributed by atoms with Gasteiger partial charge >= 0.3 is 0 Å². The molecule has 0 saturated carbocycles. The predicted molar refractivity (Wildman–Crippen MR) is 75.1 cm³/mol. The SMILES string of the molecule is CN(C)C(=O)c1ccc(N)cc1NCC(C)(O)CO. The highest BCUT2D eigenvalue weighted by molar-refractivity contribution is 6.00. The molecule has 6 heteroatoms. The molecule has 5 N–H and O–H groups in total. The van der Waals surface area contributed by atoms with E-state index in [0.29, 0.717) is 16.9 Å². The number of carbonyl (C=O) groups excluding carboxylic acids is 1. The molecule has 106 valence electrons. The molecule has 1 atom stereocenters. The Morgan fingerprint density at radius 1 is 1.47 bits per heavy atom. The monoisotopic (exact) mass is 267 g/mol. The zero-order chi connectivity index (χ0) is 14.6. The number of aliphatic hydroxyl groups excluding tert-OH is 1. The van der Waals surface area contributed by atoms with Crippen LogP contribution in [0.2, 0.25) is 0 Å². The van der Waals surface area contributed by atoms with Gasteiger partial charge in [0.05, 0.1) is 12.2 Å². The van der Waals surface area contributed by atoms with Crippen LogP contribution in [-0.4, -0.2) is 53.9 Å². The number of anilines is 2. The fourth-order valence-corrected chi connectivity index (χ4v) is 1.48. The number of rotatable bonds is 5. The molecular weight excluding hydrogens is 246 g/mol. The molecule has 6 nitrogen and oxygen atoms in total. The van der Waals surface area contributed by atoms with Crippen molar-refractivity contribution in [2.75, 3.05) is 38.3 Å². The van der Waals surface area contributed by atoms with Crippen LogP contribution in [0.1, 0.15) is 17.3 Å². The second-order valence-corrected chi connectivity index (χ2v) is 5.01. The van der Waals surface area contributed by atoms with Crippen molar-refractivity contribution in [3.05, 3.63) is 23.8 Å². The van der Waals surface area contributed by atoms with Gasteiger partial charge in [-0.25, -0.2) is 0 Å². The summed E-state index contributed by atoms with van der Waals surface area (Å²) >= 11 is 0. The molecule has 1 aromatic carbocycles. The normalized spacial score (nSPS) is 13.7. The third-order valence-electron chi connectivity index (χ3n) is 2.68. The van der Waals surface area contributed by atoms with Crippen LogP contribution in [0, 0.1) is 0 Å². The van der Waals surface area contributed by atoms with Gasteiger partial charge in [-0.1, -0.05) is 0 Å². The lowest BCUT2D eigenvalue weighted by Crippen LogP contribution is -2.37. The maximum atomic E-state index is 12.0. The smallest absolute Gasteiger partial charge is 0.255 e. The van der Waals surface area contributed by atoms with Crippen molar-refractivity contribution < 1.29 is 15.0 Å². The van der Waals surface area contributed by atoms with Crippen LogP contribution in [0.15, 0.2) is 18.2 Å². The highest BCUT2D eigenvalue weighted by atomic mass is 16.3. The number of carbonyl (C=O) groups is 1. The van der Waals surface area contributed by atoms with Crippen molar-refractivity contribution in [3.8, 4) is 0 Å². The second kappa shape index (κ2) is 5.90. The van der Waals surface area contributed by atoms with Gasteiger partial charge in [-0.3, -0.25) is 4.79 Å². The number of benzene rings is 1. The minimum absolute atomic E-state index is 0.112. The average Bonchev–Trinajstić information content (AvgIpc) is 2.35. The molecule has 0 aliphatic carbocycles. The van der Waals surface area contributed by atoms with E-state index in [9.17, 15) is 9.90 Å². The van der Waals surface area contributed by atoms with Gasteiger partial charge in [0.25, 0.3) is 5.91 Å². The molecule has 0 aliphatic rings. The van der Waals surface area contributed by atoms with Gasteiger partial charge in [0.15, 0.2) is 0 Å². The van der Waals surface area contributed by atoms with Gasteiger partial charge in [-0.05, 0) is 25.1 Å². The van der Waals surface area contributed by atoms with Gasteiger partial charge in [-0.2, -0.15) is 0 Å². The molecule has 0 spiro atoms. The van der Waals surface area contributed by atoms with Gasteiger partial charge in [0.1, 0.15) is 5.60 Å². The van der Waals surface area contributed by atoms with Crippen molar-refractivity contribution in [1.29, 1.82) is 0 Å². The van der Waals surface area contributed by atoms with Crippen LogP contribution in [0.25, 0.3) is 0 Å². The largest absolute Gasteiger partial charge is 0.399 e. The summed E-state index contributed by atoms with van der Waals surface area (Å²) in [5.74, 6) is -0.161. The lowest BCUT2D eigenvalue weighted by molar-refractivity contribution is 0.0132. The Kier molecular flexibility index (Phi) is 4.74. The van der Waals surface area contributed by atoms with Gasteiger partial charge in [-0.15, -0.1) is 0 Å². The fraction of sp³-hybridized carbons (Fsp3) is 0.462. The summed E-state index contributed by atoms with van der Waals surface area (Å²) in [7, 11) is 3.32. The van der Waals surface area contributed by atoms with Gasteiger partial charge in [0, 0.05) is 32.0 Å². The van der Waals surface area contributed by atoms with E-state index in [4.69, 9.17) is 10.8 Å². The zero-order valence-electron chi connectivity index (χ0n) is 11.5.